The molecule has 0 radical (unpaired) electrons. The number of aliphatic hydroxyl groups is 1. The predicted molar refractivity (Wildman–Crippen MR) is 103 cm³/mol. The van der Waals surface area contributed by atoms with Crippen molar-refractivity contribution < 1.29 is 14.6 Å². The Balaban J connectivity index is 1.93. The number of fused-ring (bicyclic) bond motifs is 1. The van der Waals surface area contributed by atoms with Gasteiger partial charge in [-0.3, -0.25) is 0 Å². The summed E-state index contributed by atoms with van der Waals surface area (Å²) in [5.74, 6) is -0.312. The highest BCUT2D eigenvalue weighted by Crippen LogP contribution is 2.39. The van der Waals surface area contributed by atoms with E-state index in [0.29, 0.717) is 12.2 Å². The number of hydrogen-bond donors (Lipinski definition) is 2. The summed E-state index contributed by atoms with van der Waals surface area (Å²) in [6.45, 7) is 6.01. The molecule has 0 spiro atoms. The zero-order valence-electron chi connectivity index (χ0n) is 15.5. The lowest BCUT2D eigenvalue weighted by atomic mass is 9.89. The van der Waals surface area contributed by atoms with Gasteiger partial charge in [0.2, 0.25) is 0 Å². The number of hydrogen-bond acceptors (Lipinski definition) is 5. The van der Waals surface area contributed by atoms with Crippen molar-refractivity contribution in [1.29, 1.82) is 0 Å². The van der Waals surface area contributed by atoms with Gasteiger partial charge in [0.05, 0.1) is 12.2 Å². The zero-order chi connectivity index (χ0) is 18.8. The first-order valence-corrected chi connectivity index (χ1v) is 9.05. The minimum absolute atomic E-state index is 0.0613. The number of carbonyl (C=O) groups excluding carboxylic acids is 1. The van der Waals surface area contributed by atoms with Gasteiger partial charge in [0.25, 0.3) is 0 Å². The number of ether oxygens (including phenoxy) is 1. The summed E-state index contributed by atoms with van der Waals surface area (Å²) in [6, 6.07) is 13.6. The first-order chi connectivity index (χ1) is 12.4. The summed E-state index contributed by atoms with van der Waals surface area (Å²) in [6.07, 6.45) is 0.231. The molecule has 0 saturated carbocycles. The van der Waals surface area contributed by atoms with Gasteiger partial charge in [-0.25, -0.2) is 4.79 Å². The van der Waals surface area contributed by atoms with Crippen molar-refractivity contribution in [2.24, 2.45) is 5.73 Å². The summed E-state index contributed by atoms with van der Waals surface area (Å²) in [5.41, 5.74) is 11.0. The van der Waals surface area contributed by atoms with Crippen molar-refractivity contribution in [3.05, 3.63) is 53.6 Å². The van der Waals surface area contributed by atoms with Crippen LogP contribution in [0.5, 0.6) is 0 Å². The summed E-state index contributed by atoms with van der Waals surface area (Å²) >= 11 is 0. The first kappa shape index (κ1) is 18.4. The van der Waals surface area contributed by atoms with Gasteiger partial charge in [0, 0.05) is 17.8 Å². The van der Waals surface area contributed by atoms with Crippen LogP contribution in [0.15, 0.2) is 42.5 Å². The molecule has 0 aliphatic carbocycles. The molecule has 1 unspecified atom stereocenters. The summed E-state index contributed by atoms with van der Waals surface area (Å²) in [5, 5.41) is 10.1. The van der Waals surface area contributed by atoms with Gasteiger partial charge in [-0.1, -0.05) is 18.2 Å². The highest BCUT2D eigenvalue weighted by molar-refractivity contribution is 5.90. The smallest absolute Gasteiger partial charge is 0.338 e. The van der Waals surface area contributed by atoms with E-state index in [0.717, 1.165) is 28.8 Å². The van der Waals surface area contributed by atoms with Crippen LogP contribution in [0, 0.1) is 0 Å². The van der Waals surface area contributed by atoms with Crippen molar-refractivity contribution in [1.82, 2.24) is 0 Å². The van der Waals surface area contributed by atoms with Crippen molar-refractivity contribution >= 4 is 11.7 Å². The fourth-order valence-corrected chi connectivity index (χ4v) is 3.69. The molecule has 0 amide bonds. The van der Waals surface area contributed by atoms with Crippen molar-refractivity contribution in [2.75, 3.05) is 11.5 Å². The summed E-state index contributed by atoms with van der Waals surface area (Å²) in [7, 11) is 0. The first-order valence-electron chi connectivity index (χ1n) is 9.05. The second kappa shape index (κ2) is 7.48. The van der Waals surface area contributed by atoms with Gasteiger partial charge in [0.1, 0.15) is 6.23 Å². The number of carbonyl (C=O) groups is 1. The average Bonchev–Trinajstić information content (AvgIpc) is 2.61. The lowest BCUT2D eigenvalue weighted by molar-refractivity contribution is 0.0526. The van der Waals surface area contributed by atoms with Gasteiger partial charge < -0.3 is 20.5 Å². The van der Waals surface area contributed by atoms with E-state index in [1.807, 2.05) is 29.2 Å². The number of anilines is 1. The lowest BCUT2D eigenvalue weighted by Gasteiger charge is -2.41. The molecule has 0 fully saturated rings. The normalized spacial score (nSPS) is 20.4. The van der Waals surface area contributed by atoms with Crippen LogP contribution < -0.4 is 10.6 Å². The Kier molecular flexibility index (Phi) is 5.30. The molecular formula is C21H26N2O3. The van der Waals surface area contributed by atoms with Gasteiger partial charge >= 0.3 is 5.97 Å². The third kappa shape index (κ3) is 3.45. The molecule has 1 aliphatic heterocycles. The second-order valence-corrected chi connectivity index (χ2v) is 6.80. The topological polar surface area (TPSA) is 75.8 Å². The minimum Gasteiger partial charge on any atom is -0.462 e. The van der Waals surface area contributed by atoms with Gasteiger partial charge in [-0.2, -0.15) is 0 Å². The Morgan fingerprint density at radius 3 is 2.54 bits per heavy atom. The van der Waals surface area contributed by atoms with Crippen LogP contribution >= 0.6 is 0 Å². The lowest BCUT2D eigenvalue weighted by Crippen LogP contribution is -2.45. The Morgan fingerprint density at radius 1 is 1.27 bits per heavy atom. The molecule has 2 aromatic carbocycles. The molecule has 1 aliphatic rings. The van der Waals surface area contributed by atoms with E-state index in [4.69, 9.17) is 10.5 Å². The van der Waals surface area contributed by atoms with Crippen LogP contribution in [0.4, 0.5) is 5.69 Å². The molecular weight excluding hydrogens is 328 g/mol. The molecule has 0 aromatic heterocycles. The van der Waals surface area contributed by atoms with Crippen LogP contribution in [0.3, 0.4) is 0 Å². The standard InChI is InChI=1S/C21H26N2O3/c1-4-26-21(25)16-7-5-15(6-8-16)17-9-10-20-18(12-17)19(22)11-13(2)23(20)14(3)24/h5-10,12-14,19,24H,4,11,22H2,1-3H3/t13-,14?,19+/m0/s1. The minimum atomic E-state index is -0.564. The van der Waals surface area contributed by atoms with Crippen LogP contribution in [-0.4, -0.2) is 30.0 Å². The molecule has 0 bridgehead atoms. The number of nitrogens with two attached hydrogens (primary N) is 1. The zero-order valence-corrected chi connectivity index (χ0v) is 15.5. The Hall–Kier alpha value is -2.37. The van der Waals surface area contributed by atoms with Gasteiger partial charge in [0.15, 0.2) is 0 Å². The molecule has 5 nitrogen and oxygen atoms in total. The van der Waals surface area contributed by atoms with Crippen molar-refractivity contribution in [3.63, 3.8) is 0 Å². The number of nitrogens with zero attached hydrogens (tertiary/aromatic N) is 1. The molecule has 138 valence electrons. The molecule has 3 rings (SSSR count). The quantitative estimate of drug-likeness (QED) is 0.822. The largest absolute Gasteiger partial charge is 0.462 e. The maximum absolute atomic E-state index is 11.8. The maximum Gasteiger partial charge on any atom is 0.338 e. The van der Waals surface area contributed by atoms with Crippen molar-refractivity contribution in [2.45, 2.75) is 45.5 Å². The van der Waals surface area contributed by atoms with E-state index in [2.05, 4.69) is 13.0 Å². The predicted octanol–water partition coefficient (Wildman–Crippen LogP) is 3.47. The number of rotatable bonds is 4. The van der Waals surface area contributed by atoms with E-state index < -0.39 is 6.23 Å². The molecule has 3 atom stereocenters. The summed E-state index contributed by atoms with van der Waals surface area (Å²) in [4.78, 5) is 13.8. The second-order valence-electron chi connectivity index (χ2n) is 6.80. The number of aliphatic hydroxyl groups excluding tert-OH is 1. The van der Waals surface area contributed by atoms with Crippen LogP contribution in [-0.2, 0) is 4.74 Å². The number of benzene rings is 2. The van der Waals surface area contributed by atoms with Crippen LogP contribution in [0.1, 0.15) is 49.2 Å². The van der Waals surface area contributed by atoms with E-state index in [-0.39, 0.29) is 18.1 Å². The third-order valence-corrected chi connectivity index (χ3v) is 4.91. The highest BCUT2D eigenvalue weighted by atomic mass is 16.5. The maximum atomic E-state index is 11.8. The van der Waals surface area contributed by atoms with E-state index in [1.165, 1.54) is 0 Å². The highest BCUT2D eigenvalue weighted by Gasteiger charge is 2.30. The monoisotopic (exact) mass is 354 g/mol. The van der Waals surface area contributed by atoms with Gasteiger partial charge in [-0.05, 0) is 68.1 Å². The van der Waals surface area contributed by atoms with Gasteiger partial charge in [-0.15, -0.1) is 0 Å². The molecule has 2 aromatic rings. The third-order valence-electron chi connectivity index (χ3n) is 4.91. The van der Waals surface area contributed by atoms with Crippen molar-refractivity contribution in [3.8, 4) is 11.1 Å². The Labute approximate surface area is 154 Å². The summed E-state index contributed by atoms with van der Waals surface area (Å²) < 4.78 is 5.02. The fraction of sp³-hybridized carbons (Fsp3) is 0.381. The molecule has 0 saturated heterocycles. The van der Waals surface area contributed by atoms with Crippen LogP contribution in [0.25, 0.3) is 11.1 Å². The average molecular weight is 354 g/mol. The Bertz CT molecular complexity index is 786. The molecule has 3 N–H and O–H groups in total. The van der Waals surface area contributed by atoms with E-state index in [9.17, 15) is 9.90 Å². The SMILES string of the molecule is CCOC(=O)c1ccc(-c2ccc3c(c2)[C@H](N)C[C@H](C)N3C(C)O)cc1. The molecule has 26 heavy (non-hydrogen) atoms. The Morgan fingerprint density at radius 2 is 1.92 bits per heavy atom. The fourth-order valence-electron chi connectivity index (χ4n) is 3.69. The molecule has 1 heterocycles. The van der Waals surface area contributed by atoms with E-state index >= 15 is 0 Å². The number of esters is 1. The van der Waals surface area contributed by atoms with Crippen LogP contribution in [0.2, 0.25) is 0 Å². The van der Waals surface area contributed by atoms with E-state index in [1.54, 1.807) is 26.0 Å². The molecule has 5 heteroatoms.